The van der Waals surface area contributed by atoms with E-state index in [4.69, 9.17) is 4.74 Å². The van der Waals surface area contributed by atoms with Crippen LogP contribution in [-0.2, 0) is 4.74 Å². The van der Waals surface area contributed by atoms with E-state index in [0.29, 0.717) is 17.6 Å². The molecule has 0 amide bonds. The minimum absolute atomic E-state index is 0.234. The van der Waals surface area contributed by atoms with Gasteiger partial charge >= 0.3 is 0 Å². The normalized spacial score (nSPS) is 32.5. The molecule has 106 valence electrons. The maximum absolute atomic E-state index is 9.57. The topological polar surface area (TPSA) is 32.7 Å². The second kappa shape index (κ2) is 5.89. The van der Waals surface area contributed by atoms with Gasteiger partial charge in [0.05, 0.1) is 12.2 Å². The Kier molecular flexibility index (Phi) is 4.68. The van der Waals surface area contributed by atoms with Crippen molar-refractivity contribution in [1.29, 1.82) is 0 Å². The fourth-order valence-corrected chi connectivity index (χ4v) is 4.19. The van der Waals surface area contributed by atoms with Gasteiger partial charge < -0.3 is 14.7 Å². The molecule has 0 heterocycles. The molecule has 0 aromatic rings. The van der Waals surface area contributed by atoms with E-state index in [1.165, 1.54) is 32.1 Å². The van der Waals surface area contributed by atoms with Crippen molar-refractivity contribution in [3.05, 3.63) is 0 Å². The standard InChI is InChI=1S/C15H29NO2/c1-4-18-14-10-13(16(3)11-12(2)17)15(14)8-6-5-7-9-15/h12-14,17H,4-11H2,1-3H3. The van der Waals surface area contributed by atoms with Gasteiger partial charge in [-0.15, -0.1) is 0 Å². The van der Waals surface area contributed by atoms with Crippen molar-refractivity contribution in [3.8, 4) is 0 Å². The molecule has 1 N–H and O–H groups in total. The van der Waals surface area contributed by atoms with Crippen LogP contribution in [0.1, 0.15) is 52.4 Å². The van der Waals surface area contributed by atoms with Gasteiger partial charge in [0.1, 0.15) is 0 Å². The number of hydrogen-bond donors (Lipinski definition) is 1. The molecule has 0 aromatic carbocycles. The van der Waals surface area contributed by atoms with E-state index in [9.17, 15) is 5.11 Å². The lowest BCUT2D eigenvalue weighted by atomic mass is 9.54. The van der Waals surface area contributed by atoms with Crippen molar-refractivity contribution in [2.45, 2.75) is 70.6 Å². The lowest BCUT2D eigenvalue weighted by molar-refractivity contribution is -0.181. The molecular weight excluding hydrogens is 226 g/mol. The van der Waals surface area contributed by atoms with Gasteiger partial charge in [0.25, 0.3) is 0 Å². The number of likely N-dealkylation sites (N-methyl/N-ethyl adjacent to an activating group) is 1. The zero-order valence-electron chi connectivity index (χ0n) is 12.2. The Morgan fingerprint density at radius 3 is 2.56 bits per heavy atom. The Bertz CT molecular complexity index is 261. The van der Waals surface area contributed by atoms with Crippen LogP contribution in [0.3, 0.4) is 0 Å². The average molecular weight is 255 g/mol. The van der Waals surface area contributed by atoms with E-state index in [-0.39, 0.29) is 6.10 Å². The van der Waals surface area contributed by atoms with Crippen molar-refractivity contribution < 1.29 is 9.84 Å². The molecule has 18 heavy (non-hydrogen) atoms. The van der Waals surface area contributed by atoms with Gasteiger partial charge in [0.2, 0.25) is 0 Å². The third-order valence-corrected chi connectivity index (χ3v) is 4.98. The molecule has 2 fully saturated rings. The number of aliphatic hydroxyl groups is 1. The van der Waals surface area contributed by atoms with Crippen LogP contribution in [0.4, 0.5) is 0 Å². The summed E-state index contributed by atoms with van der Waals surface area (Å²) in [5.74, 6) is 0. The van der Waals surface area contributed by atoms with E-state index in [1.54, 1.807) is 0 Å². The summed E-state index contributed by atoms with van der Waals surface area (Å²) < 4.78 is 5.97. The Morgan fingerprint density at radius 2 is 2.00 bits per heavy atom. The molecule has 2 aliphatic rings. The van der Waals surface area contributed by atoms with Crippen molar-refractivity contribution in [2.24, 2.45) is 5.41 Å². The first kappa shape index (κ1) is 14.3. The first-order chi connectivity index (χ1) is 8.60. The van der Waals surface area contributed by atoms with Gasteiger partial charge in [-0.1, -0.05) is 19.3 Å². The molecule has 0 bridgehead atoms. The summed E-state index contributed by atoms with van der Waals surface area (Å²) in [6.45, 7) is 5.59. The predicted molar refractivity (Wildman–Crippen MR) is 73.6 cm³/mol. The van der Waals surface area contributed by atoms with Crippen molar-refractivity contribution >= 4 is 0 Å². The monoisotopic (exact) mass is 255 g/mol. The molecule has 2 saturated carbocycles. The lowest BCUT2D eigenvalue weighted by Gasteiger charge is -2.60. The largest absolute Gasteiger partial charge is 0.392 e. The molecule has 3 unspecified atom stereocenters. The Morgan fingerprint density at radius 1 is 1.33 bits per heavy atom. The summed E-state index contributed by atoms with van der Waals surface area (Å²) in [5, 5.41) is 9.57. The molecule has 0 radical (unpaired) electrons. The van der Waals surface area contributed by atoms with E-state index >= 15 is 0 Å². The first-order valence-electron chi connectivity index (χ1n) is 7.60. The van der Waals surface area contributed by atoms with Crippen LogP contribution in [0, 0.1) is 5.41 Å². The highest BCUT2D eigenvalue weighted by Gasteiger charge is 2.56. The summed E-state index contributed by atoms with van der Waals surface area (Å²) in [7, 11) is 2.16. The molecule has 1 spiro atoms. The van der Waals surface area contributed by atoms with Crippen molar-refractivity contribution in [1.82, 2.24) is 4.90 Å². The minimum Gasteiger partial charge on any atom is -0.392 e. The summed E-state index contributed by atoms with van der Waals surface area (Å²) in [4.78, 5) is 2.37. The lowest BCUT2D eigenvalue weighted by Crippen LogP contribution is -2.65. The molecule has 3 heteroatoms. The molecule has 0 aliphatic heterocycles. The summed E-state index contributed by atoms with van der Waals surface area (Å²) >= 11 is 0. The zero-order chi connectivity index (χ0) is 13.2. The summed E-state index contributed by atoms with van der Waals surface area (Å²) in [6, 6.07) is 0.615. The van der Waals surface area contributed by atoms with E-state index in [1.807, 2.05) is 6.92 Å². The average Bonchev–Trinajstić information content (AvgIpc) is 2.34. The Labute approximate surface area is 112 Å². The predicted octanol–water partition coefficient (Wildman–Crippen LogP) is 2.43. The van der Waals surface area contributed by atoms with Crippen LogP contribution in [0.25, 0.3) is 0 Å². The maximum Gasteiger partial charge on any atom is 0.0661 e. The molecular formula is C15H29NO2. The van der Waals surface area contributed by atoms with Gasteiger partial charge in [-0.2, -0.15) is 0 Å². The molecule has 0 saturated heterocycles. The number of nitrogens with zero attached hydrogens (tertiary/aromatic N) is 1. The highest BCUT2D eigenvalue weighted by Crippen LogP contribution is 2.55. The van der Waals surface area contributed by atoms with Gasteiger partial charge in [0, 0.05) is 24.6 Å². The van der Waals surface area contributed by atoms with Gasteiger partial charge in [0.15, 0.2) is 0 Å². The van der Waals surface area contributed by atoms with Crippen LogP contribution >= 0.6 is 0 Å². The number of rotatable bonds is 5. The van der Waals surface area contributed by atoms with E-state index in [0.717, 1.165) is 19.6 Å². The highest BCUT2D eigenvalue weighted by atomic mass is 16.5. The third kappa shape index (κ3) is 2.59. The third-order valence-electron chi connectivity index (χ3n) is 4.98. The molecule has 0 aromatic heterocycles. The highest BCUT2D eigenvalue weighted by molar-refractivity contribution is 5.09. The van der Waals surface area contributed by atoms with Crippen LogP contribution in [0.15, 0.2) is 0 Å². The molecule has 2 aliphatic carbocycles. The number of ether oxygens (including phenoxy) is 1. The maximum atomic E-state index is 9.57. The van der Waals surface area contributed by atoms with Crippen LogP contribution < -0.4 is 0 Å². The van der Waals surface area contributed by atoms with Crippen molar-refractivity contribution in [2.75, 3.05) is 20.2 Å². The van der Waals surface area contributed by atoms with E-state index < -0.39 is 0 Å². The quantitative estimate of drug-likeness (QED) is 0.819. The Balaban J connectivity index is 2.02. The Hall–Kier alpha value is -0.120. The molecule has 3 atom stereocenters. The summed E-state index contributed by atoms with van der Waals surface area (Å²) in [5.41, 5.74) is 0.387. The van der Waals surface area contributed by atoms with Crippen LogP contribution in [-0.4, -0.2) is 48.5 Å². The smallest absolute Gasteiger partial charge is 0.0661 e. The minimum atomic E-state index is -0.234. The van der Waals surface area contributed by atoms with Crippen LogP contribution in [0.2, 0.25) is 0 Å². The number of aliphatic hydroxyl groups excluding tert-OH is 1. The molecule has 3 nitrogen and oxygen atoms in total. The second-order valence-electron chi connectivity index (χ2n) is 6.28. The van der Waals surface area contributed by atoms with E-state index in [2.05, 4.69) is 18.9 Å². The number of hydrogen-bond acceptors (Lipinski definition) is 3. The van der Waals surface area contributed by atoms with Gasteiger partial charge in [-0.3, -0.25) is 0 Å². The van der Waals surface area contributed by atoms with Gasteiger partial charge in [-0.25, -0.2) is 0 Å². The summed E-state index contributed by atoms with van der Waals surface area (Å²) in [6.07, 6.45) is 8.08. The van der Waals surface area contributed by atoms with Crippen LogP contribution in [0.5, 0.6) is 0 Å². The van der Waals surface area contributed by atoms with Gasteiger partial charge in [-0.05, 0) is 40.2 Å². The fraction of sp³-hybridized carbons (Fsp3) is 1.00. The van der Waals surface area contributed by atoms with Crippen molar-refractivity contribution in [3.63, 3.8) is 0 Å². The molecule has 2 rings (SSSR count). The SMILES string of the molecule is CCOC1CC(N(C)CC(C)O)C12CCCCC2. The fourth-order valence-electron chi connectivity index (χ4n) is 4.19. The second-order valence-corrected chi connectivity index (χ2v) is 6.28. The zero-order valence-corrected chi connectivity index (χ0v) is 12.2. The first-order valence-corrected chi connectivity index (χ1v) is 7.60.